The summed E-state index contributed by atoms with van der Waals surface area (Å²) in [5.41, 5.74) is 0.809. The van der Waals surface area contributed by atoms with E-state index in [-0.39, 0.29) is 17.5 Å². The zero-order chi connectivity index (χ0) is 15.7. The minimum atomic E-state index is -1.03. The molecule has 0 aromatic carbocycles. The van der Waals surface area contributed by atoms with Crippen LogP contribution >= 0.6 is 11.3 Å². The third-order valence-electron chi connectivity index (χ3n) is 3.92. The van der Waals surface area contributed by atoms with Gasteiger partial charge in [-0.05, 0) is 43.3 Å². The number of carboxylic acids is 1. The van der Waals surface area contributed by atoms with Crippen molar-refractivity contribution in [2.24, 2.45) is 0 Å². The topological polar surface area (TPSA) is 70.5 Å². The minimum absolute atomic E-state index is 0.105. The molecule has 6 heteroatoms. The van der Waals surface area contributed by atoms with Gasteiger partial charge in [-0.25, -0.2) is 9.78 Å². The van der Waals surface area contributed by atoms with Crippen LogP contribution in [-0.2, 0) is 0 Å². The van der Waals surface area contributed by atoms with Gasteiger partial charge in [-0.15, -0.1) is 11.3 Å². The number of nitrogens with zero attached hydrogens (tertiary/aromatic N) is 2. The Morgan fingerprint density at radius 2 is 2.18 bits per heavy atom. The van der Waals surface area contributed by atoms with Crippen LogP contribution in [0.1, 0.15) is 50.3 Å². The third-order valence-corrected chi connectivity index (χ3v) is 4.89. The van der Waals surface area contributed by atoms with Crippen LogP contribution in [0.3, 0.4) is 0 Å². The molecule has 3 heterocycles. The molecule has 0 spiro atoms. The van der Waals surface area contributed by atoms with Gasteiger partial charge in [0.2, 0.25) is 0 Å². The summed E-state index contributed by atoms with van der Waals surface area (Å²) in [5.74, 6) is -1.16. The van der Waals surface area contributed by atoms with Crippen molar-refractivity contribution in [3.63, 3.8) is 0 Å². The standard InChI is InChI=1S/C16H16N2O3S/c1-10-11(16(20)21)6-7-12(17-10)15(19)18-8-2-4-13(18)14-5-3-9-22-14/h3,5-7,9,13H,2,4,8H2,1H3,(H,20,21). The van der Waals surface area contributed by atoms with Crippen molar-refractivity contribution in [2.45, 2.75) is 25.8 Å². The maximum absolute atomic E-state index is 12.7. The molecule has 1 atom stereocenters. The van der Waals surface area contributed by atoms with Gasteiger partial charge >= 0.3 is 5.97 Å². The number of aromatic carboxylic acids is 1. The lowest BCUT2D eigenvalue weighted by molar-refractivity contribution is 0.0689. The normalized spacial score (nSPS) is 17.7. The predicted molar refractivity (Wildman–Crippen MR) is 83.3 cm³/mol. The van der Waals surface area contributed by atoms with Crippen LogP contribution < -0.4 is 0 Å². The number of carbonyl (C=O) groups is 2. The highest BCUT2D eigenvalue weighted by molar-refractivity contribution is 7.10. The number of rotatable bonds is 3. The smallest absolute Gasteiger partial charge is 0.337 e. The van der Waals surface area contributed by atoms with Crippen LogP contribution in [0.25, 0.3) is 0 Å². The summed E-state index contributed by atoms with van der Waals surface area (Å²) >= 11 is 1.65. The molecule has 1 N–H and O–H groups in total. The van der Waals surface area contributed by atoms with Gasteiger partial charge in [-0.1, -0.05) is 6.07 Å². The van der Waals surface area contributed by atoms with Gasteiger partial charge in [0.25, 0.3) is 5.91 Å². The van der Waals surface area contributed by atoms with Gasteiger partial charge in [-0.2, -0.15) is 0 Å². The van der Waals surface area contributed by atoms with Crippen LogP contribution in [0.2, 0.25) is 0 Å². The second-order valence-electron chi connectivity index (χ2n) is 5.31. The van der Waals surface area contributed by atoms with Crippen molar-refractivity contribution in [2.75, 3.05) is 6.54 Å². The van der Waals surface area contributed by atoms with E-state index in [2.05, 4.69) is 4.98 Å². The summed E-state index contributed by atoms with van der Waals surface area (Å²) in [6, 6.07) is 7.10. The van der Waals surface area contributed by atoms with Crippen LogP contribution in [-0.4, -0.2) is 33.4 Å². The van der Waals surface area contributed by atoms with Crippen molar-refractivity contribution in [3.05, 3.63) is 51.5 Å². The lowest BCUT2D eigenvalue weighted by Gasteiger charge is -2.23. The maximum Gasteiger partial charge on any atom is 0.337 e. The fraction of sp³-hybridized carbons (Fsp3) is 0.312. The molecule has 3 rings (SSSR count). The number of carbonyl (C=O) groups excluding carboxylic acids is 1. The molecule has 1 saturated heterocycles. The average molecular weight is 316 g/mol. The van der Waals surface area contributed by atoms with Crippen molar-refractivity contribution in [3.8, 4) is 0 Å². The molecule has 114 valence electrons. The van der Waals surface area contributed by atoms with E-state index in [9.17, 15) is 9.59 Å². The first-order valence-corrected chi connectivity index (χ1v) is 8.01. The van der Waals surface area contributed by atoms with E-state index >= 15 is 0 Å². The van der Waals surface area contributed by atoms with Crippen LogP contribution in [0, 0.1) is 6.92 Å². The zero-order valence-corrected chi connectivity index (χ0v) is 13.0. The number of amides is 1. The van der Waals surface area contributed by atoms with Gasteiger partial charge in [0.15, 0.2) is 0 Å². The number of hydrogen-bond donors (Lipinski definition) is 1. The first-order valence-electron chi connectivity index (χ1n) is 7.13. The Morgan fingerprint density at radius 1 is 1.36 bits per heavy atom. The van der Waals surface area contributed by atoms with Crippen molar-refractivity contribution in [1.29, 1.82) is 0 Å². The van der Waals surface area contributed by atoms with Gasteiger partial charge in [-0.3, -0.25) is 4.79 Å². The van der Waals surface area contributed by atoms with E-state index in [1.807, 2.05) is 22.4 Å². The maximum atomic E-state index is 12.7. The van der Waals surface area contributed by atoms with E-state index in [4.69, 9.17) is 5.11 Å². The molecule has 22 heavy (non-hydrogen) atoms. The van der Waals surface area contributed by atoms with Crippen molar-refractivity contribution < 1.29 is 14.7 Å². The summed E-state index contributed by atoms with van der Waals surface area (Å²) in [4.78, 5) is 31.0. The highest BCUT2D eigenvalue weighted by Crippen LogP contribution is 2.35. The second-order valence-corrected chi connectivity index (χ2v) is 6.29. The van der Waals surface area contributed by atoms with Gasteiger partial charge in [0, 0.05) is 11.4 Å². The fourth-order valence-corrected chi connectivity index (χ4v) is 3.71. The Kier molecular flexibility index (Phi) is 3.94. The molecule has 1 unspecified atom stereocenters. The molecule has 0 radical (unpaired) electrons. The van der Waals surface area contributed by atoms with Crippen LogP contribution in [0.15, 0.2) is 29.6 Å². The monoisotopic (exact) mass is 316 g/mol. The first-order chi connectivity index (χ1) is 10.6. The van der Waals surface area contributed by atoms with E-state index in [1.165, 1.54) is 17.0 Å². The molecule has 0 saturated carbocycles. The number of aromatic nitrogens is 1. The molecule has 1 fully saturated rings. The number of pyridine rings is 1. The predicted octanol–water partition coefficient (Wildman–Crippen LogP) is 3.13. The minimum Gasteiger partial charge on any atom is -0.478 e. The molecule has 1 aliphatic heterocycles. The van der Waals surface area contributed by atoms with Gasteiger partial charge < -0.3 is 10.0 Å². The fourth-order valence-electron chi connectivity index (χ4n) is 2.84. The molecule has 1 aliphatic rings. The Bertz CT molecular complexity index is 712. The van der Waals surface area contributed by atoms with Crippen molar-refractivity contribution >= 4 is 23.2 Å². The second kappa shape index (κ2) is 5.88. The SMILES string of the molecule is Cc1nc(C(=O)N2CCCC2c2cccs2)ccc1C(=O)O. The lowest BCUT2D eigenvalue weighted by Crippen LogP contribution is -2.31. The summed E-state index contributed by atoms with van der Waals surface area (Å²) in [6.45, 7) is 2.32. The van der Waals surface area contributed by atoms with E-state index in [1.54, 1.807) is 18.3 Å². The number of aryl methyl sites for hydroxylation is 1. The van der Waals surface area contributed by atoms with E-state index < -0.39 is 5.97 Å². The molecular formula is C16H16N2O3S. The zero-order valence-electron chi connectivity index (χ0n) is 12.2. The highest BCUT2D eigenvalue weighted by atomic mass is 32.1. The summed E-state index contributed by atoms with van der Waals surface area (Å²) in [6.07, 6.45) is 1.93. The van der Waals surface area contributed by atoms with E-state index in [0.29, 0.717) is 17.9 Å². The van der Waals surface area contributed by atoms with Gasteiger partial charge in [0.05, 0.1) is 17.3 Å². The Labute approximate surface area is 132 Å². The largest absolute Gasteiger partial charge is 0.478 e. The molecule has 2 aromatic rings. The Hall–Kier alpha value is -2.21. The number of thiophene rings is 1. The molecule has 0 aliphatic carbocycles. The van der Waals surface area contributed by atoms with Crippen LogP contribution in [0.4, 0.5) is 0 Å². The highest BCUT2D eigenvalue weighted by Gasteiger charge is 2.32. The van der Waals surface area contributed by atoms with Crippen LogP contribution in [0.5, 0.6) is 0 Å². The number of hydrogen-bond acceptors (Lipinski definition) is 4. The lowest BCUT2D eigenvalue weighted by atomic mass is 10.1. The molecular weight excluding hydrogens is 300 g/mol. The molecule has 1 amide bonds. The number of likely N-dealkylation sites (tertiary alicyclic amines) is 1. The quantitative estimate of drug-likeness (QED) is 0.944. The summed E-state index contributed by atoms with van der Waals surface area (Å²) < 4.78 is 0. The average Bonchev–Trinajstić information content (AvgIpc) is 3.16. The number of carboxylic acid groups (broad SMARTS) is 1. The Morgan fingerprint density at radius 3 is 2.82 bits per heavy atom. The molecule has 5 nitrogen and oxygen atoms in total. The third kappa shape index (κ3) is 2.62. The summed E-state index contributed by atoms with van der Waals surface area (Å²) in [5, 5.41) is 11.1. The molecule has 0 bridgehead atoms. The van der Waals surface area contributed by atoms with Gasteiger partial charge in [0.1, 0.15) is 5.69 Å². The van der Waals surface area contributed by atoms with E-state index in [0.717, 1.165) is 12.8 Å². The summed E-state index contributed by atoms with van der Waals surface area (Å²) in [7, 11) is 0. The first kappa shape index (κ1) is 14.7. The van der Waals surface area contributed by atoms with Crippen molar-refractivity contribution in [1.82, 2.24) is 9.88 Å². The Balaban J connectivity index is 1.87. The molecule has 2 aromatic heterocycles.